The Bertz CT molecular complexity index is 661. The second-order valence-corrected chi connectivity index (χ2v) is 5.77. The van der Waals surface area contributed by atoms with Gasteiger partial charge in [0, 0.05) is 11.1 Å². The lowest BCUT2D eigenvalue weighted by Gasteiger charge is -2.18. The van der Waals surface area contributed by atoms with E-state index in [1.165, 1.54) is 0 Å². The summed E-state index contributed by atoms with van der Waals surface area (Å²) >= 11 is 9.90. The molecule has 0 aliphatic rings. The third kappa shape index (κ3) is 3.01. The van der Waals surface area contributed by atoms with E-state index in [9.17, 15) is 4.39 Å². The van der Waals surface area contributed by atoms with Gasteiger partial charge in [0.1, 0.15) is 21.8 Å². The fraction of sp³-hybridized carbons (Fsp3) is 0.250. The normalized spacial score (nSPS) is 12.1. The maximum Gasteiger partial charge on any atom is 0.141 e. The Labute approximate surface area is 137 Å². The molecule has 112 valence electrons. The molecular formula is C16H15BrClFO2. The first kappa shape index (κ1) is 16.1. The molecule has 1 atom stereocenters. The molecule has 0 amide bonds. The highest BCUT2D eigenvalue weighted by Gasteiger charge is 2.23. The molecule has 0 aliphatic carbocycles. The summed E-state index contributed by atoms with van der Waals surface area (Å²) in [7, 11) is 3.11. The summed E-state index contributed by atoms with van der Waals surface area (Å²) in [4.78, 5) is 0. The first-order valence-electron chi connectivity index (χ1n) is 6.30. The molecule has 0 bridgehead atoms. The third-order valence-corrected chi connectivity index (χ3v) is 4.51. The van der Waals surface area contributed by atoms with Gasteiger partial charge in [-0.2, -0.15) is 0 Å². The van der Waals surface area contributed by atoms with Gasteiger partial charge in [0.05, 0.1) is 19.6 Å². The number of halogens is 3. The van der Waals surface area contributed by atoms with E-state index in [2.05, 4.69) is 15.9 Å². The average molecular weight is 374 g/mol. The topological polar surface area (TPSA) is 18.5 Å². The van der Waals surface area contributed by atoms with Gasteiger partial charge < -0.3 is 9.47 Å². The number of hydrogen-bond acceptors (Lipinski definition) is 2. The van der Waals surface area contributed by atoms with Crippen molar-refractivity contribution in [2.24, 2.45) is 0 Å². The number of hydrogen-bond donors (Lipinski definition) is 0. The number of aryl methyl sites for hydroxylation is 1. The summed E-state index contributed by atoms with van der Waals surface area (Å²) < 4.78 is 25.5. The zero-order chi connectivity index (χ0) is 15.6. The van der Waals surface area contributed by atoms with E-state index in [0.717, 1.165) is 0 Å². The van der Waals surface area contributed by atoms with Crippen LogP contribution in [0.4, 0.5) is 4.39 Å². The fourth-order valence-electron chi connectivity index (χ4n) is 2.15. The zero-order valence-corrected chi connectivity index (χ0v) is 14.3. The Morgan fingerprint density at radius 1 is 1.10 bits per heavy atom. The summed E-state index contributed by atoms with van der Waals surface area (Å²) in [5, 5.41) is -0.651. The minimum Gasteiger partial charge on any atom is -0.495 e. The maximum atomic E-state index is 14.3. The summed E-state index contributed by atoms with van der Waals surface area (Å²) in [6, 6.07) is 8.72. The van der Waals surface area contributed by atoms with Gasteiger partial charge in [0.15, 0.2) is 0 Å². The van der Waals surface area contributed by atoms with Crippen molar-refractivity contribution in [3.8, 4) is 11.5 Å². The monoisotopic (exact) mass is 372 g/mol. The Hall–Kier alpha value is -1.26. The predicted octanol–water partition coefficient (Wildman–Crippen LogP) is 5.24. The van der Waals surface area contributed by atoms with Crippen molar-refractivity contribution >= 4 is 27.5 Å². The molecular weight excluding hydrogens is 359 g/mol. The van der Waals surface area contributed by atoms with E-state index < -0.39 is 5.38 Å². The molecule has 0 aromatic heterocycles. The second kappa shape index (κ2) is 6.67. The molecule has 0 aliphatic heterocycles. The highest BCUT2D eigenvalue weighted by Crippen LogP contribution is 2.44. The SMILES string of the molecule is COc1ccc(C(Cl)c2cccc(C)c2F)c(OC)c1Br. The van der Waals surface area contributed by atoms with Gasteiger partial charge >= 0.3 is 0 Å². The fourth-order valence-corrected chi connectivity index (χ4v) is 3.18. The van der Waals surface area contributed by atoms with Gasteiger partial charge in [0.2, 0.25) is 0 Å². The van der Waals surface area contributed by atoms with Crippen LogP contribution in [0.5, 0.6) is 11.5 Å². The Morgan fingerprint density at radius 2 is 1.81 bits per heavy atom. The van der Waals surface area contributed by atoms with Crippen molar-refractivity contribution in [1.29, 1.82) is 0 Å². The summed E-state index contributed by atoms with van der Waals surface area (Å²) in [6.45, 7) is 1.71. The lowest BCUT2D eigenvalue weighted by molar-refractivity contribution is 0.386. The molecule has 0 radical (unpaired) electrons. The number of ether oxygens (including phenoxy) is 2. The van der Waals surface area contributed by atoms with Crippen molar-refractivity contribution in [1.82, 2.24) is 0 Å². The van der Waals surface area contributed by atoms with Gasteiger partial charge in [0.25, 0.3) is 0 Å². The van der Waals surface area contributed by atoms with Crippen LogP contribution in [0.3, 0.4) is 0 Å². The summed E-state index contributed by atoms with van der Waals surface area (Å²) in [5.74, 6) is 0.867. The zero-order valence-electron chi connectivity index (χ0n) is 11.9. The van der Waals surface area contributed by atoms with Crippen molar-refractivity contribution in [2.75, 3.05) is 14.2 Å². The van der Waals surface area contributed by atoms with Crippen LogP contribution in [0.25, 0.3) is 0 Å². The third-order valence-electron chi connectivity index (χ3n) is 3.28. The summed E-state index contributed by atoms with van der Waals surface area (Å²) in [6.07, 6.45) is 0. The molecule has 0 N–H and O–H groups in total. The van der Waals surface area contributed by atoms with Crippen LogP contribution in [0.15, 0.2) is 34.8 Å². The first-order valence-corrected chi connectivity index (χ1v) is 7.53. The lowest BCUT2D eigenvalue weighted by atomic mass is 10.0. The highest BCUT2D eigenvalue weighted by atomic mass is 79.9. The van der Waals surface area contributed by atoms with Crippen molar-refractivity contribution in [2.45, 2.75) is 12.3 Å². The highest BCUT2D eigenvalue weighted by molar-refractivity contribution is 9.10. The molecule has 0 saturated heterocycles. The molecule has 2 rings (SSSR count). The van der Waals surface area contributed by atoms with Crippen molar-refractivity contribution in [3.63, 3.8) is 0 Å². The maximum absolute atomic E-state index is 14.3. The van der Waals surface area contributed by atoms with Gasteiger partial charge in [-0.25, -0.2) is 4.39 Å². The molecule has 2 nitrogen and oxygen atoms in total. The number of rotatable bonds is 4. The predicted molar refractivity (Wildman–Crippen MR) is 86.1 cm³/mol. The molecule has 1 unspecified atom stereocenters. The van der Waals surface area contributed by atoms with E-state index in [4.69, 9.17) is 21.1 Å². The van der Waals surface area contributed by atoms with Gasteiger partial charge in [-0.3, -0.25) is 0 Å². The standard InChI is InChI=1S/C16H15BrClFO2/c1-9-5-4-6-10(15(9)19)14(18)11-7-8-12(20-2)13(17)16(11)21-3/h4-8,14H,1-3H3. The van der Waals surface area contributed by atoms with E-state index in [1.54, 1.807) is 51.5 Å². The van der Waals surface area contributed by atoms with Crippen LogP contribution in [-0.4, -0.2) is 14.2 Å². The Kier molecular flexibility index (Phi) is 5.12. The number of benzene rings is 2. The van der Waals surface area contributed by atoms with Gasteiger partial charge in [-0.1, -0.05) is 18.2 Å². The van der Waals surface area contributed by atoms with Crippen molar-refractivity contribution < 1.29 is 13.9 Å². The largest absolute Gasteiger partial charge is 0.495 e. The number of methoxy groups -OCH3 is 2. The van der Waals surface area contributed by atoms with Crippen LogP contribution >= 0.6 is 27.5 Å². The Morgan fingerprint density at radius 3 is 2.43 bits per heavy atom. The minimum atomic E-state index is -0.651. The summed E-state index contributed by atoms with van der Waals surface area (Å²) in [5.41, 5.74) is 1.66. The van der Waals surface area contributed by atoms with Crippen LogP contribution in [-0.2, 0) is 0 Å². The van der Waals surface area contributed by atoms with E-state index >= 15 is 0 Å². The van der Waals surface area contributed by atoms with E-state index in [1.807, 2.05) is 0 Å². The molecule has 0 heterocycles. The van der Waals surface area contributed by atoms with Crippen LogP contribution in [0.2, 0.25) is 0 Å². The van der Waals surface area contributed by atoms with Crippen molar-refractivity contribution in [3.05, 3.63) is 57.3 Å². The van der Waals surface area contributed by atoms with Crippen LogP contribution < -0.4 is 9.47 Å². The minimum absolute atomic E-state index is 0.300. The molecule has 2 aromatic rings. The second-order valence-electron chi connectivity index (χ2n) is 4.54. The molecule has 5 heteroatoms. The van der Waals surface area contributed by atoms with Crippen LogP contribution in [0, 0.1) is 12.7 Å². The lowest BCUT2D eigenvalue weighted by Crippen LogP contribution is -2.02. The molecule has 2 aromatic carbocycles. The molecule has 21 heavy (non-hydrogen) atoms. The quantitative estimate of drug-likeness (QED) is 0.682. The molecule has 0 saturated carbocycles. The number of alkyl halides is 1. The molecule has 0 spiro atoms. The Balaban J connectivity index is 2.56. The van der Waals surface area contributed by atoms with E-state index in [-0.39, 0.29) is 5.82 Å². The van der Waals surface area contributed by atoms with Gasteiger partial charge in [-0.15, -0.1) is 11.6 Å². The van der Waals surface area contributed by atoms with E-state index in [0.29, 0.717) is 32.7 Å². The molecule has 0 fully saturated rings. The first-order chi connectivity index (χ1) is 10.0. The smallest absolute Gasteiger partial charge is 0.141 e. The van der Waals surface area contributed by atoms with Gasteiger partial charge in [-0.05, 0) is 40.5 Å². The average Bonchev–Trinajstić information content (AvgIpc) is 2.49. The van der Waals surface area contributed by atoms with Crippen LogP contribution in [0.1, 0.15) is 22.1 Å².